The molecule has 1 aromatic carbocycles. The van der Waals surface area contributed by atoms with Crippen LogP contribution in [0, 0.1) is 13.8 Å². The highest BCUT2D eigenvalue weighted by atomic mass is 32.1. The molecule has 0 bridgehead atoms. The molecule has 0 aliphatic heterocycles. The number of rotatable bonds is 5. The third-order valence-corrected chi connectivity index (χ3v) is 4.59. The molecule has 0 aliphatic carbocycles. The van der Waals surface area contributed by atoms with Crippen molar-refractivity contribution >= 4 is 16.3 Å². The van der Waals surface area contributed by atoms with Gasteiger partial charge < -0.3 is 5.32 Å². The van der Waals surface area contributed by atoms with E-state index in [1.54, 1.807) is 11.3 Å². The molecule has 110 valence electrons. The molecule has 0 spiro atoms. The van der Waals surface area contributed by atoms with Crippen molar-refractivity contribution in [3.05, 3.63) is 58.4 Å². The Labute approximate surface area is 129 Å². The largest absolute Gasteiger partial charge is 0.310 e. The lowest BCUT2D eigenvalue weighted by molar-refractivity contribution is 0.542. The van der Waals surface area contributed by atoms with Gasteiger partial charge in [-0.2, -0.15) is 0 Å². The molecule has 0 fully saturated rings. The highest BCUT2D eigenvalue weighted by molar-refractivity contribution is 7.15. The van der Waals surface area contributed by atoms with Crippen molar-refractivity contribution in [3.63, 3.8) is 0 Å². The van der Waals surface area contributed by atoms with Gasteiger partial charge in [-0.1, -0.05) is 30.7 Å². The first kappa shape index (κ1) is 14.3. The zero-order valence-corrected chi connectivity index (χ0v) is 13.6. The number of nitrogens with zero attached hydrogens (tertiary/aromatic N) is 2. The lowest BCUT2D eigenvalue weighted by Gasteiger charge is -2.20. The van der Waals surface area contributed by atoms with Crippen LogP contribution in [0.15, 0.2) is 36.0 Å². The van der Waals surface area contributed by atoms with Crippen LogP contribution in [0.3, 0.4) is 0 Å². The van der Waals surface area contributed by atoms with E-state index in [0.29, 0.717) is 6.04 Å². The Balaban J connectivity index is 1.90. The van der Waals surface area contributed by atoms with E-state index >= 15 is 0 Å². The van der Waals surface area contributed by atoms with E-state index < -0.39 is 0 Å². The predicted molar refractivity (Wildman–Crippen MR) is 89.1 cm³/mol. The maximum Gasteiger partial charge on any atom is 0.193 e. The van der Waals surface area contributed by atoms with Gasteiger partial charge >= 0.3 is 0 Å². The number of imidazole rings is 1. The molecule has 3 nitrogen and oxygen atoms in total. The van der Waals surface area contributed by atoms with Crippen molar-refractivity contribution in [2.24, 2.45) is 0 Å². The van der Waals surface area contributed by atoms with Crippen LogP contribution in [0.1, 0.15) is 35.3 Å². The van der Waals surface area contributed by atoms with Gasteiger partial charge in [0.05, 0.1) is 5.69 Å². The number of fused-ring (bicyclic) bond motifs is 1. The highest BCUT2D eigenvalue weighted by Crippen LogP contribution is 2.23. The minimum atomic E-state index is 0.319. The Morgan fingerprint density at radius 1 is 1.33 bits per heavy atom. The third kappa shape index (κ3) is 3.01. The summed E-state index contributed by atoms with van der Waals surface area (Å²) in [6.07, 6.45) is 5.13. The van der Waals surface area contributed by atoms with E-state index in [1.807, 2.05) is 0 Å². The van der Waals surface area contributed by atoms with Gasteiger partial charge in [-0.15, -0.1) is 11.3 Å². The van der Waals surface area contributed by atoms with Gasteiger partial charge in [-0.25, -0.2) is 4.98 Å². The van der Waals surface area contributed by atoms with Gasteiger partial charge in [0.2, 0.25) is 0 Å². The zero-order valence-electron chi connectivity index (χ0n) is 12.8. The topological polar surface area (TPSA) is 29.3 Å². The van der Waals surface area contributed by atoms with Crippen molar-refractivity contribution < 1.29 is 0 Å². The maximum absolute atomic E-state index is 4.71. The van der Waals surface area contributed by atoms with E-state index in [0.717, 1.165) is 23.6 Å². The molecule has 1 N–H and O–H groups in total. The molecule has 1 unspecified atom stereocenters. The van der Waals surface area contributed by atoms with Gasteiger partial charge in [0.25, 0.3) is 0 Å². The molecule has 0 amide bonds. The fraction of sp³-hybridized carbons (Fsp3) is 0.353. The molecule has 21 heavy (non-hydrogen) atoms. The molecule has 2 heterocycles. The Bertz CT molecular complexity index is 713. The fourth-order valence-electron chi connectivity index (χ4n) is 2.76. The van der Waals surface area contributed by atoms with E-state index in [1.165, 1.54) is 16.7 Å². The average Bonchev–Trinajstić information content (AvgIpc) is 3.02. The first-order valence-corrected chi connectivity index (χ1v) is 8.27. The van der Waals surface area contributed by atoms with Crippen molar-refractivity contribution in [2.45, 2.75) is 33.2 Å². The Morgan fingerprint density at radius 3 is 2.95 bits per heavy atom. The molecule has 0 aliphatic rings. The standard InChI is InChI=1S/C17H21N3S/c1-4-18-16(15-9-12(2)5-6-13(15)3)10-14-11-20-7-8-21-17(20)19-14/h5-9,11,16,18H,4,10H2,1-3H3. The summed E-state index contributed by atoms with van der Waals surface area (Å²) in [6, 6.07) is 7.00. The number of thiazole rings is 1. The molecule has 3 rings (SSSR count). The summed E-state index contributed by atoms with van der Waals surface area (Å²) in [6.45, 7) is 7.45. The minimum absolute atomic E-state index is 0.319. The second-order valence-corrected chi connectivity index (χ2v) is 6.37. The molecule has 4 heteroatoms. The summed E-state index contributed by atoms with van der Waals surface area (Å²) in [5.74, 6) is 0. The van der Waals surface area contributed by atoms with E-state index in [9.17, 15) is 0 Å². The average molecular weight is 299 g/mol. The Morgan fingerprint density at radius 2 is 2.19 bits per heavy atom. The number of aryl methyl sites for hydroxylation is 2. The van der Waals surface area contributed by atoms with Crippen LogP contribution in [0.2, 0.25) is 0 Å². The Kier molecular flexibility index (Phi) is 4.08. The fourth-order valence-corrected chi connectivity index (χ4v) is 3.48. The molecule has 2 aromatic heterocycles. The third-order valence-electron chi connectivity index (χ3n) is 3.82. The smallest absolute Gasteiger partial charge is 0.193 e. The van der Waals surface area contributed by atoms with E-state index in [2.05, 4.69) is 66.5 Å². The number of nitrogens with one attached hydrogen (secondary N) is 1. The molecular formula is C17H21N3S. The van der Waals surface area contributed by atoms with Crippen LogP contribution in [-0.2, 0) is 6.42 Å². The maximum atomic E-state index is 4.71. The molecule has 1 atom stereocenters. The molecule has 0 saturated heterocycles. The number of likely N-dealkylation sites (N-methyl/N-ethyl adjacent to an activating group) is 1. The first-order chi connectivity index (χ1) is 10.2. The lowest BCUT2D eigenvalue weighted by Crippen LogP contribution is -2.24. The van der Waals surface area contributed by atoms with Gasteiger partial charge in [0, 0.05) is 30.2 Å². The van der Waals surface area contributed by atoms with Crippen LogP contribution in [0.25, 0.3) is 4.96 Å². The number of hydrogen-bond acceptors (Lipinski definition) is 3. The first-order valence-electron chi connectivity index (χ1n) is 7.39. The summed E-state index contributed by atoms with van der Waals surface area (Å²) in [4.78, 5) is 5.78. The van der Waals surface area contributed by atoms with Crippen LogP contribution in [-0.4, -0.2) is 15.9 Å². The van der Waals surface area contributed by atoms with Gasteiger partial charge in [0.1, 0.15) is 0 Å². The van der Waals surface area contributed by atoms with Gasteiger partial charge in [0.15, 0.2) is 4.96 Å². The van der Waals surface area contributed by atoms with Crippen molar-refractivity contribution in [2.75, 3.05) is 6.54 Å². The Hall–Kier alpha value is -1.65. The summed E-state index contributed by atoms with van der Waals surface area (Å²) < 4.78 is 2.10. The molecule has 0 radical (unpaired) electrons. The summed E-state index contributed by atoms with van der Waals surface area (Å²) in [5.41, 5.74) is 5.18. The number of benzene rings is 1. The van der Waals surface area contributed by atoms with Crippen molar-refractivity contribution in [3.8, 4) is 0 Å². The number of hydrogen-bond donors (Lipinski definition) is 1. The monoisotopic (exact) mass is 299 g/mol. The van der Waals surface area contributed by atoms with Crippen LogP contribution >= 0.6 is 11.3 Å². The second kappa shape index (κ2) is 6.00. The summed E-state index contributed by atoms with van der Waals surface area (Å²) in [7, 11) is 0. The molecule has 0 saturated carbocycles. The van der Waals surface area contributed by atoms with Crippen LogP contribution in [0.5, 0.6) is 0 Å². The SMILES string of the molecule is CCNC(Cc1cn2ccsc2n1)c1cc(C)ccc1C. The zero-order chi connectivity index (χ0) is 14.8. The van der Waals surface area contributed by atoms with Gasteiger partial charge in [-0.05, 0) is 31.5 Å². The van der Waals surface area contributed by atoms with E-state index in [-0.39, 0.29) is 0 Å². The van der Waals surface area contributed by atoms with Crippen LogP contribution in [0.4, 0.5) is 0 Å². The van der Waals surface area contributed by atoms with Crippen LogP contribution < -0.4 is 5.32 Å². The van der Waals surface area contributed by atoms with Gasteiger partial charge in [-0.3, -0.25) is 4.40 Å². The van der Waals surface area contributed by atoms with Crippen molar-refractivity contribution in [1.82, 2.24) is 14.7 Å². The lowest BCUT2D eigenvalue weighted by atomic mass is 9.96. The summed E-state index contributed by atoms with van der Waals surface area (Å²) in [5, 5.41) is 5.67. The highest BCUT2D eigenvalue weighted by Gasteiger charge is 2.16. The molecule has 3 aromatic rings. The van der Waals surface area contributed by atoms with Crippen molar-refractivity contribution in [1.29, 1.82) is 0 Å². The number of aromatic nitrogens is 2. The summed E-state index contributed by atoms with van der Waals surface area (Å²) >= 11 is 1.68. The van der Waals surface area contributed by atoms with E-state index in [4.69, 9.17) is 4.98 Å². The minimum Gasteiger partial charge on any atom is -0.310 e. The normalized spacial score (nSPS) is 12.9. The quantitative estimate of drug-likeness (QED) is 0.774. The second-order valence-electron chi connectivity index (χ2n) is 5.50. The molecular weight excluding hydrogens is 278 g/mol. The predicted octanol–water partition coefficient (Wildman–Crippen LogP) is 3.91.